The summed E-state index contributed by atoms with van der Waals surface area (Å²) in [6.07, 6.45) is 6.03. The molecule has 1 N–H and O–H groups in total. The molecule has 1 aliphatic carbocycles. The van der Waals surface area contributed by atoms with Gasteiger partial charge in [-0.1, -0.05) is 24.3 Å². The Labute approximate surface area is 101 Å². The molecule has 0 amide bonds. The molecule has 0 saturated carbocycles. The number of aryl methyl sites for hydroxylation is 2. The zero-order chi connectivity index (χ0) is 11.9. The Morgan fingerprint density at radius 3 is 3.00 bits per heavy atom. The molecule has 0 aliphatic heterocycles. The number of aliphatic hydroxyl groups is 1. The number of aromatic nitrogens is 2. The Hall–Kier alpha value is -1.61. The number of fused-ring (bicyclic) bond motifs is 1. The van der Waals surface area contributed by atoms with Crippen LogP contribution in [-0.2, 0) is 25.5 Å². The fourth-order valence-corrected chi connectivity index (χ4v) is 2.68. The van der Waals surface area contributed by atoms with Gasteiger partial charge >= 0.3 is 0 Å². The summed E-state index contributed by atoms with van der Waals surface area (Å²) in [7, 11) is 1.96. The summed E-state index contributed by atoms with van der Waals surface area (Å²) < 4.78 is 1.97. The highest BCUT2D eigenvalue weighted by Crippen LogP contribution is 2.38. The third-order valence-corrected chi connectivity index (χ3v) is 3.70. The van der Waals surface area contributed by atoms with Gasteiger partial charge in [-0.05, 0) is 24.0 Å². The lowest BCUT2D eigenvalue weighted by Gasteiger charge is -2.23. The van der Waals surface area contributed by atoms with E-state index in [4.69, 9.17) is 0 Å². The minimum Gasteiger partial charge on any atom is -0.385 e. The number of imidazole rings is 1. The number of hydrogen-bond donors (Lipinski definition) is 1. The zero-order valence-corrected chi connectivity index (χ0v) is 9.93. The van der Waals surface area contributed by atoms with E-state index in [-0.39, 0.29) is 0 Å². The van der Waals surface area contributed by atoms with E-state index in [9.17, 15) is 5.11 Å². The molecule has 88 valence electrons. The standard InChI is InChI=1S/C14H16N2O/c1-16-9-8-15-13(16)10-14(17)7-6-11-4-2-3-5-12(11)14/h2-5,8-9,17H,6-7,10H2,1H3. The maximum Gasteiger partial charge on any atom is 0.111 e. The first kappa shape index (κ1) is 10.5. The third-order valence-electron chi connectivity index (χ3n) is 3.70. The van der Waals surface area contributed by atoms with Gasteiger partial charge in [-0.15, -0.1) is 0 Å². The minimum atomic E-state index is -0.740. The number of hydrogen-bond acceptors (Lipinski definition) is 2. The highest BCUT2D eigenvalue weighted by Gasteiger charge is 2.37. The van der Waals surface area contributed by atoms with Crippen molar-refractivity contribution in [2.24, 2.45) is 7.05 Å². The molecule has 1 aliphatic rings. The lowest BCUT2D eigenvalue weighted by Crippen LogP contribution is -2.26. The van der Waals surface area contributed by atoms with Crippen molar-refractivity contribution in [3.05, 3.63) is 53.6 Å². The SMILES string of the molecule is Cn1ccnc1CC1(O)CCc2ccccc21. The van der Waals surface area contributed by atoms with Crippen LogP contribution in [0.5, 0.6) is 0 Å². The number of rotatable bonds is 2. The van der Waals surface area contributed by atoms with Crippen molar-refractivity contribution in [3.63, 3.8) is 0 Å². The van der Waals surface area contributed by atoms with Gasteiger partial charge < -0.3 is 9.67 Å². The Kier molecular flexibility index (Phi) is 2.30. The molecule has 1 unspecified atom stereocenters. The molecule has 0 radical (unpaired) electrons. The Balaban J connectivity index is 1.96. The molecule has 1 atom stereocenters. The molecule has 3 nitrogen and oxygen atoms in total. The van der Waals surface area contributed by atoms with Crippen LogP contribution in [0, 0.1) is 0 Å². The summed E-state index contributed by atoms with van der Waals surface area (Å²) in [6, 6.07) is 8.16. The predicted molar refractivity (Wildman–Crippen MR) is 65.6 cm³/mol. The van der Waals surface area contributed by atoms with Gasteiger partial charge in [-0.25, -0.2) is 4.98 Å². The zero-order valence-electron chi connectivity index (χ0n) is 9.93. The van der Waals surface area contributed by atoms with Gasteiger partial charge in [-0.2, -0.15) is 0 Å². The first-order valence-corrected chi connectivity index (χ1v) is 5.96. The molecule has 0 spiro atoms. The van der Waals surface area contributed by atoms with Crippen LogP contribution in [0.15, 0.2) is 36.7 Å². The lowest BCUT2D eigenvalue weighted by atomic mass is 9.92. The summed E-state index contributed by atoms with van der Waals surface area (Å²) in [5.41, 5.74) is 1.60. The van der Waals surface area contributed by atoms with Gasteiger partial charge in [0.1, 0.15) is 5.82 Å². The van der Waals surface area contributed by atoms with Crippen LogP contribution in [0.1, 0.15) is 23.4 Å². The predicted octanol–water partition coefficient (Wildman–Crippen LogP) is 1.80. The van der Waals surface area contributed by atoms with Gasteiger partial charge in [0.25, 0.3) is 0 Å². The first-order valence-electron chi connectivity index (χ1n) is 5.96. The van der Waals surface area contributed by atoms with Gasteiger partial charge in [0, 0.05) is 25.9 Å². The molecule has 1 heterocycles. The number of nitrogens with zero attached hydrogens (tertiary/aromatic N) is 2. The summed E-state index contributed by atoms with van der Waals surface area (Å²) in [5, 5.41) is 10.8. The van der Waals surface area contributed by atoms with Crippen LogP contribution in [0.3, 0.4) is 0 Å². The average Bonchev–Trinajstić information content (AvgIpc) is 2.87. The largest absolute Gasteiger partial charge is 0.385 e. The second kappa shape index (κ2) is 3.70. The van der Waals surface area contributed by atoms with Crippen molar-refractivity contribution in [2.75, 3.05) is 0 Å². The highest BCUT2D eigenvalue weighted by molar-refractivity contribution is 5.37. The number of benzene rings is 1. The third kappa shape index (κ3) is 1.67. The minimum absolute atomic E-state index is 0.591. The van der Waals surface area contributed by atoms with Crippen LogP contribution in [0.25, 0.3) is 0 Å². The van der Waals surface area contributed by atoms with Crippen molar-refractivity contribution < 1.29 is 5.11 Å². The van der Waals surface area contributed by atoms with Crippen molar-refractivity contribution >= 4 is 0 Å². The molecular weight excluding hydrogens is 212 g/mol. The van der Waals surface area contributed by atoms with Crippen molar-refractivity contribution in [1.82, 2.24) is 9.55 Å². The van der Waals surface area contributed by atoms with Crippen LogP contribution in [-0.4, -0.2) is 14.7 Å². The van der Waals surface area contributed by atoms with Crippen molar-refractivity contribution in [2.45, 2.75) is 24.9 Å². The summed E-state index contributed by atoms with van der Waals surface area (Å²) in [4.78, 5) is 4.30. The summed E-state index contributed by atoms with van der Waals surface area (Å²) in [6.45, 7) is 0. The van der Waals surface area contributed by atoms with E-state index in [0.717, 1.165) is 24.2 Å². The van der Waals surface area contributed by atoms with Crippen LogP contribution in [0.4, 0.5) is 0 Å². The van der Waals surface area contributed by atoms with Crippen LogP contribution in [0.2, 0.25) is 0 Å². The second-order valence-electron chi connectivity index (χ2n) is 4.82. The molecule has 0 bridgehead atoms. The van der Waals surface area contributed by atoms with E-state index >= 15 is 0 Å². The Bertz CT molecular complexity index is 547. The van der Waals surface area contributed by atoms with E-state index in [2.05, 4.69) is 11.1 Å². The quantitative estimate of drug-likeness (QED) is 0.851. The Morgan fingerprint density at radius 1 is 1.41 bits per heavy atom. The van der Waals surface area contributed by atoms with Crippen molar-refractivity contribution in [3.8, 4) is 0 Å². The van der Waals surface area contributed by atoms with E-state index in [1.807, 2.05) is 36.0 Å². The second-order valence-corrected chi connectivity index (χ2v) is 4.82. The fraction of sp³-hybridized carbons (Fsp3) is 0.357. The molecule has 0 saturated heterocycles. The molecule has 3 rings (SSSR count). The molecule has 2 aromatic rings. The fourth-order valence-electron chi connectivity index (χ4n) is 2.68. The maximum absolute atomic E-state index is 10.8. The molecule has 0 fully saturated rings. The topological polar surface area (TPSA) is 38.0 Å². The van der Waals surface area contributed by atoms with Gasteiger partial charge in [0.2, 0.25) is 0 Å². The van der Waals surface area contributed by atoms with Crippen LogP contribution >= 0.6 is 0 Å². The molecule has 1 aromatic carbocycles. The van der Waals surface area contributed by atoms with E-state index in [0.29, 0.717) is 6.42 Å². The summed E-state index contributed by atoms with van der Waals surface area (Å²) in [5.74, 6) is 0.934. The van der Waals surface area contributed by atoms with Gasteiger partial charge in [-0.3, -0.25) is 0 Å². The van der Waals surface area contributed by atoms with Gasteiger partial charge in [0.15, 0.2) is 0 Å². The van der Waals surface area contributed by atoms with E-state index < -0.39 is 5.60 Å². The summed E-state index contributed by atoms with van der Waals surface area (Å²) >= 11 is 0. The van der Waals surface area contributed by atoms with Crippen molar-refractivity contribution in [1.29, 1.82) is 0 Å². The Morgan fingerprint density at radius 2 is 2.24 bits per heavy atom. The van der Waals surface area contributed by atoms with E-state index in [1.54, 1.807) is 6.20 Å². The molecule has 17 heavy (non-hydrogen) atoms. The highest BCUT2D eigenvalue weighted by atomic mass is 16.3. The molecule has 1 aromatic heterocycles. The average molecular weight is 228 g/mol. The molecule has 3 heteroatoms. The lowest BCUT2D eigenvalue weighted by molar-refractivity contribution is 0.0363. The van der Waals surface area contributed by atoms with E-state index in [1.165, 1.54) is 5.56 Å². The smallest absolute Gasteiger partial charge is 0.111 e. The normalized spacial score (nSPS) is 22.7. The molecular formula is C14H16N2O. The van der Waals surface area contributed by atoms with Crippen LogP contribution < -0.4 is 0 Å². The first-order chi connectivity index (χ1) is 8.19. The van der Waals surface area contributed by atoms with Gasteiger partial charge in [0.05, 0.1) is 5.60 Å². The monoisotopic (exact) mass is 228 g/mol. The maximum atomic E-state index is 10.8.